The third-order valence-electron chi connectivity index (χ3n) is 2.09. The zero-order valence-electron chi connectivity index (χ0n) is 6.84. The molecule has 1 heterocycles. The van der Waals surface area contributed by atoms with Gasteiger partial charge in [-0.25, -0.2) is 0 Å². The highest BCUT2D eigenvalue weighted by molar-refractivity contribution is 5.82. The topological polar surface area (TPSA) is 20.3 Å². The van der Waals surface area contributed by atoms with Crippen LogP contribution in [0.25, 0.3) is 0 Å². The zero-order chi connectivity index (χ0) is 8.27. The van der Waals surface area contributed by atoms with Crippen molar-refractivity contribution in [3.8, 4) is 12.3 Å². The van der Waals surface area contributed by atoms with Gasteiger partial charge in [0.15, 0.2) is 0 Å². The summed E-state index contributed by atoms with van der Waals surface area (Å²) in [5.41, 5.74) is 0. The largest absolute Gasteiger partial charge is 0.298 e. The van der Waals surface area contributed by atoms with E-state index in [0.717, 1.165) is 13.0 Å². The molecule has 1 aliphatic rings. The van der Waals surface area contributed by atoms with Crippen LogP contribution in [0.15, 0.2) is 0 Å². The van der Waals surface area contributed by atoms with Crippen LogP contribution in [0.1, 0.15) is 19.8 Å². The summed E-state index contributed by atoms with van der Waals surface area (Å²) in [6.07, 6.45) is 6.62. The molecule has 2 heteroatoms. The maximum atomic E-state index is 10.9. The molecule has 1 fully saturated rings. The van der Waals surface area contributed by atoms with Gasteiger partial charge in [0.1, 0.15) is 5.78 Å². The second-order valence-corrected chi connectivity index (χ2v) is 3.02. The number of Topliss-reactive ketones (excluding diaryl/α,β-unsaturated/α-hetero) is 1. The SMILES string of the molecule is C#CCC(C)N1CCC(=O)C1. The van der Waals surface area contributed by atoms with Crippen LogP contribution < -0.4 is 0 Å². The van der Waals surface area contributed by atoms with Gasteiger partial charge in [-0.15, -0.1) is 12.3 Å². The fraction of sp³-hybridized carbons (Fsp3) is 0.667. The van der Waals surface area contributed by atoms with Crippen molar-refractivity contribution in [2.75, 3.05) is 13.1 Å². The van der Waals surface area contributed by atoms with Crippen LogP contribution in [0.3, 0.4) is 0 Å². The lowest BCUT2D eigenvalue weighted by Gasteiger charge is -2.20. The number of hydrogen-bond donors (Lipinski definition) is 0. The molecule has 0 aliphatic carbocycles. The fourth-order valence-electron chi connectivity index (χ4n) is 1.33. The molecule has 0 radical (unpaired) electrons. The van der Waals surface area contributed by atoms with E-state index in [-0.39, 0.29) is 0 Å². The van der Waals surface area contributed by atoms with E-state index in [0.29, 0.717) is 24.8 Å². The minimum atomic E-state index is 0.342. The van der Waals surface area contributed by atoms with E-state index in [1.807, 2.05) is 0 Å². The Morgan fingerprint density at radius 2 is 2.55 bits per heavy atom. The molecule has 1 atom stereocenters. The summed E-state index contributed by atoms with van der Waals surface area (Å²) in [6.45, 7) is 3.56. The Hall–Kier alpha value is -0.810. The van der Waals surface area contributed by atoms with Crippen LogP contribution in [0, 0.1) is 12.3 Å². The second-order valence-electron chi connectivity index (χ2n) is 3.02. The van der Waals surface area contributed by atoms with Gasteiger partial charge in [0, 0.05) is 25.4 Å². The molecule has 0 spiro atoms. The van der Waals surface area contributed by atoms with E-state index in [9.17, 15) is 4.79 Å². The third kappa shape index (κ3) is 2.06. The second kappa shape index (κ2) is 3.54. The highest BCUT2D eigenvalue weighted by atomic mass is 16.1. The molecule has 0 aromatic carbocycles. The Morgan fingerprint density at radius 3 is 3.00 bits per heavy atom. The highest BCUT2D eigenvalue weighted by Gasteiger charge is 2.22. The van der Waals surface area contributed by atoms with E-state index in [1.54, 1.807) is 0 Å². The van der Waals surface area contributed by atoms with E-state index >= 15 is 0 Å². The van der Waals surface area contributed by atoms with Gasteiger partial charge in [0.25, 0.3) is 0 Å². The minimum absolute atomic E-state index is 0.342. The summed E-state index contributed by atoms with van der Waals surface area (Å²) in [4.78, 5) is 13.0. The normalized spacial score (nSPS) is 21.6. The van der Waals surface area contributed by atoms with Gasteiger partial charge >= 0.3 is 0 Å². The molecular weight excluding hydrogens is 138 g/mol. The molecular formula is C9H13NO. The molecule has 0 bridgehead atoms. The first-order valence-electron chi connectivity index (χ1n) is 3.93. The summed E-state index contributed by atoms with van der Waals surface area (Å²) in [6, 6.07) is 0.367. The number of nitrogens with zero attached hydrogens (tertiary/aromatic N) is 1. The molecule has 60 valence electrons. The molecule has 0 aromatic rings. The average molecular weight is 151 g/mol. The van der Waals surface area contributed by atoms with E-state index in [4.69, 9.17) is 6.42 Å². The predicted octanol–water partition coefficient (Wildman–Crippen LogP) is 0.673. The monoisotopic (exact) mass is 151 g/mol. The number of rotatable bonds is 2. The number of carbonyl (C=O) groups is 1. The van der Waals surface area contributed by atoms with Crippen LogP contribution in [-0.2, 0) is 4.79 Å². The van der Waals surface area contributed by atoms with Gasteiger partial charge in [-0.2, -0.15) is 0 Å². The zero-order valence-corrected chi connectivity index (χ0v) is 6.84. The van der Waals surface area contributed by atoms with Gasteiger partial charge in [-0.05, 0) is 6.92 Å². The lowest BCUT2D eigenvalue weighted by atomic mass is 10.2. The highest BCUT2D eigenvalue weighted by Crippen LogP contribution is 2.10. The Labute approximate surface area is 67.6 Å². The maximum absolute atomic E-state index is 10.9. The lowest BCUT2D eigenvalue weighted by molar-refractivity contribution is -0.117. The maximum Gasteiger partial charge on any atom is 0.148 e. The molecule has 2 nitrogen and oxygen atoms in total. The van der Waals surface area contributed by atoms with Crippen LogP contribution in [-0.4, -0.2) is 29.8 Å². The fourth-order valence-corrected chi connectivity index (χ4v) is 1.33. The Morgan fingerprint density at radius 1 is 1.82 bits per heavy atom. The number of carbonyl (C=O) groups excluding carboxylic acids is 1. The smallest absolute Gasteiger partial charge is 0.148 e. The van der Waals surface area contributed by atoms with E-state index in [1.165, 1.54) is 0 Å². The predicted molar refractivity (Wildman–Crippen MR) is 44.1 cm³/mol. The summed E-state index contributed by atoms with van der Waals surface area (Å²) in [5, 5.41) is 0. The van der Waals surface area contributed by atoms with Crippen LogP contribution in [0.4, 0.5) is 0 Å². The Balaban J connectivity index is 2.37. The standard InChI is InChI=1S/C9H13NO/c1-3-4-8(2)10-6-5-9(11)7-10/h1,8H,4-7H2,2H3. The summed E-state index contributed by atoms with van der Waals surface area (Å²) >= 11 is 0. The van der Waals surface area contributed by atoms with Crippen molar-refractivity contribution in [1.29, 1.82) is 0 Å². The van der Waals surface area contributed by atoms with Crippen LogP contribution >= 0.6 is 0 Å². The minimum Gasteiger partial charge on any atom is -0.298 e. The van der Waals surface area contributed by atoms with Crippen molar-refractivity contribution in [2.45, 2.75) is 25.8 Å². The molecule has 1 unspecified atom stereocenters. The molecule has 0 N–H and O–H groups in total. The third-order valence-corrected chi connectivity index (χ3v) is 2.09. The summed E-state index contributed by atoms with van der Waals surface area (Å²) < 4.78 is 0. The first-order chi connectivity index (χ1) is 5.24. The first kappa shape index (κ1) is 8.29. The summed E-state index contributed by atoms with van der Waals surface area (Å²) in [7, 11) is 0. The van der Waals surface area contributed by atoms with Crippen molar-refractivity contribution in [1.82, 2.24) is 4.90 Å². The average Bonchev–Trinajstić information content (AvgIpc) is 2.36. The van der Waals surface area contributed by atoms with Crippen molar-refractivity contribution in [2.24, 2.45) is 0 Å². The molecule has 0 aromatic heterocycles. The van der Waals surface area contributed by atoms with Crippen LogP contribution in [0.2, 0.25) is 0 Å². The van der Waals surface area contributed by atoms with Gasteiger partial charge in [-0.1, -0.05) is 0 Å². The van der Waals surface area contributed by atoms with Crippen molar-refractivity contribution in [3.05, 3.63) is 0 Å². The Kier molecular flexibility index (Phi) is 2.67. The number of ketones is 1. The van der Waals surface area contributed by atoms with Crippen molar-refractivity contribution >= 4 is 5.78 Å². The van der Waals surface area contributed by atoms with Crippen LogP contribution in [0.5, 0.6) is 0 Å². The molecule has 1 rings (SSSR count). The number of hydrogen-bond acceptors (Lipinski definition) is 2. The van der Waals surface area contributed by atoms with Gasteiger partial charge in [-0.3, -0.25) is 9.69 Å². The van der Waals surface area contributed by atoms with Gasteiger partial charge in [0.2, 0.25) is 0 Å². The number of likely N-dealkylation sites (tertiary alicyclic amines) is 1. The molecule has 0 saturated carbocycles. The Bertz CT molecular complexity index is 192. The quantitative estimate of drug-likeness (QED) is 0.541. The van der Waals surface area contributed by atoms with E-state index < -0.39 is 0 Å². The van der Waals surface area contributed by atoms with Crippen molar-refractivity contribution < 1.29 is 4.79 Å². The molecule has 11 heavy (non-hydrogen) atoms. The number of terminal acetylenes is 1. The molecule has 1 aliphatic heterocycles. The molecule has 0 amide bonds. The van der Waals surface area contributed by atoms with Crippen molar-refractivity contribution in [3.63, 3.8) is 0 Å². The summed E-state index contributed by atoms with van der Waals surface area (Å²) in [5.74, 6) is 2.95. The van der Waals surface area contributed by atoms with E-state index in [2.05, 4.69) is 17.7 Å². The lowest BCUT2D eigenvalue weighted by Crippen LogP contribution is -2.30. The van der Waals surface area contributed by atoms with Gasteiger partial charge in [0.05, 0.1) is 6.54 Å². The first-order valence-corrected chi connectivity index (χ1v) is 3.93. The van der Waals surface area contributed by atoms with Gasteiger partial charge < -0.3 is 0 Å². The molecule has 1 saturated heterocycles.